The number of hydrogen-bond acceptors (Lipinski definition) is 2. The smallest absolute Gasteiger partial charge is 0.392 e. The monoisotopic (exact) mass is 276 g/mol. The van der Waals surface area contributed by atoms with Crippen LogP contribution in [0, 0.1) is 0 Å². The Balaban J connectivity index is 2.52. The Hall–Kier alpha value is -1.53. The highest BCUT2D eigenvalue weighted by Gasteiger charge is 2.33. The molecule has 3 nitrogen and oxygen atoms in total. The molecule has 18 heavy (non-hydrogen) atoms. The lowest BCUT2D eigenvalue weighted by molar-refractivity contribution is -0.138. The topological polar surface area (TPSA) is 38.0 Å². The van der Waals surface area contributed by atoms with Crippen LogP contribution >= 0.6 is 11.6 Å². The molecule has 1 N–H and O–H groups in total. The fourth-order valence-electron chi connectivity index (χ4n) is 1.55. The zero-order valence-electron chi connectivity index (χ0n) is 8.95. The van der Waals surface area contributed by atoms with Gasteiger partial charge in [-0.05, 0) is 17.7 Å². The maximum atomic E-state index is 12.8. The van der Waals surface area contributed by atoms with Gasteiger partial charge in [0.15, 0.2) is 0 Å². The summed E-state index contributed by atoms with van der Waals surface area (Å²) in [4.78, 5) is 0. The van der Waals surface area contributed by atoms with Crippen LogP contribution < -0.4 is 0 Å². The molecule has 0 aliphatic carbocycles. The zero-order valence-corrected chi connectivity index (χ0v) is 9.70. The SMILES string of the molecule is OCc1ccc(-n2cc(Cl)cn2)cc1C(F)(F)F. The molecule has 1 aromatic carbocycles. The van der Waals surface area contributed by atoms with Crippen molar-refractivity contribution in [2.75, 3.05) is 0 Å². The number of hydrogen-bond donors (Lipinski definition) is 1. The molecule has 0 amide bonds. The molecule has 0 atom stereocenters. The van der Waals surface area contributed by atoms with Crippen LogP contribution in [-0.2, 0) is 12.8 Å². The Bertz CT molecular complexity index is 566. The molecule has 0 aliphatic rings. The molecule has 1 aromatic heterocycles. The van der Waals surface area contributed by atoms with E-state index in [1.807, 2.05) is 0 Å². The molecule has 96 valence electrons. The van der Waals surface area contributed by atoms with E-state index < -0.39 is 18.3 Å². The van der Waals surface area contributed by atoms with Gasteiger partial charge < -0.3 is 5.11 Å². The summed E-state index contributed by atoms with van der Waals surface area (Å²) in [5.41, 5.74) is -0.829. The van der Waals surface area contributed by atoms with Crippen LogP contribution in [0.5, 0.6) is 0 Å². The van der Waals surface area contributed by atoms with Crippen LogP contribution in [0.2, 0.25) is 5.02 Å². The van der Waals surface area contributed by atoms with Gasteiger partial charge in [-0.2, -0.15) is 18.3 Å². The largest absolute Gasteiger partial charge is 0.416 e. The second kappa shape index (κ2) is 4.62. The number of rotatable bonds is 2. The van der Waals surface area contributed by atoms with Gasteiger partial charge in [-0.3, -0.25) is 0 Å². The number of nitrogens with zero attached hydrogens (tertiary/aromatic N) is 2. The predicted octanol–water partition coefficient (Wildman–Crippen LogP) is 3.04. The Morgan fingerprint density at radius 2 is 2.06 bits per heavy atom. The molecule has 0 unspecified atom stereocenters. The molecular weight excluding hydrogens is 269 g/mol. The molecule has 0 saturated heterocycles. The van der Waals surface area contributed by atoms with Crippen molar-refractivity contribution in [3.8, 4) is 5.69 Å². The Morgan fingerprint density at radius 3 is 2.56 bits per heavy atom. The fourth-order valence-corrected chi connectivity index (χ4v) is 1.69. The van der Waals surface area contributed by atoms with E-state index in [2.05, 4.69) is 5.10 Å². The average molecular weight is 277 g/mol. The summed E-state index contributed by atoms with van der Waals surface area (Å²) in [6, 6.07) is 3.58. The van der Waals surface area contributed by atoms with Crippen LogP contribution in [0.15, 0.2) is 30.6 Å². The first kappa shape index (κ1) is 12.9. The third-order valence-corrected chi connectivity index (χ3v) is 2.58. The number of benzene rings is 1. The van der Waals surface area contributed by atoms with Crippen LogP contribution in [0.1, 0.15) is 11.1 Å². The minimum atomic E-state index is -4.52. The van der Waals surface area contributed by atoms with Gasteiger partial charge in [0.25, 0.3) is 0 Å². The quantitative estimate of drug-likeness (QED) is 0.915. The van der Waals surface area contributed by atoms with Gasteiger partial charge in [0.2, 0.25) is 0 Å². The third kappa shape index (κ3) is 2.49. The number of aliphatic hydroxyl groups is 1. The number of alkyl halides is 3. The van der Waals surface area contributed by atoms with E-state index in [0.717, 1.165) is 6.07 Å². The summed E-state index contributed by atoms with van der Waals surface area (Å²) in [6.45, 7) is -0.672. The van der Waals surface area contributed by atoms with Crippen molar-refractivity contribution in [3.63, 3.8) is 0 Å². The fraction of sp³-hybridized carbons (Fsp3) is 0.182. The van der Waals surface area contributed by atoms with Crippen LogP contribution in [-0.4, -0.2) is 14.9 Å². The second-order valence-corrected chi connectivity index (χ2v) is 4.04. The van der Waals surface area contributed by atoms with E-state index in [1.54, 1.807) is 0 Å². The molecule has 2 aromatic rings. The molecule has 2 rings (SSSR count). The first-order chi connectivity index (χ1) is 8.41. The van der Waals surface area contributed by atoms with E-state index in [-0.39, 0.29) is 11.3 Å². The minimum absolute atomic E-state index is 0.176. The van der Waals surface area contributed by atoms with E-state index in [9.17, 15) is 13.2 Å². The van der Waals surface area contributed by atoms with Crippen molar-refractivity contribution in [3.05, 3.63) is 46.7 Å². The number of aromatic nitrogens is 2. The van der Waals surface area contributed by atoms with Gasteiger partial charge in [0, 0.05) is 6.20 Å². The number of halogens is 4. The average Bonchev–Trinajstić information content (AvgIpc) is 2.74. The van der Waals surface area contributed by atoms with Crippen molar-refractivity contribution in [2.24, 2.45) is 0 Å². The Morgan fingerprint density at radius 1 is 1.33 bits per heavy atom. The second-order valence-electron chi connectivity index (χ2n) is 3.60. The van der Waals surface area contributed by atoms with Crippen LogP contribution in [0.4, 0.5) is 13.2 Å². The number of aliphatic hydroxyl groups excluding tert-OH is 1. The highest BCUT2D eigenvalue weighted by Crippen LogP contribution is 2.33. The van der Waals surface area contributed by atoms with Crippen molar-refractivity contribution in [1.29, 1.82) is 0 Å². The Kier molecular flexibility index (Phi) is 3.32. The molecule has 7 heteroatoms. The summed E-state index contributed by atoms with van der Waals surface area (Å²) >= 11 is 5.65. The van der Waals surface area contributed by atoms with E-state index >= 15 is 0 Å². The highest BCUT2D eigenvalue weighted by molar-refractivity contribution is 6.30. The molecule has 1 heterocycles. The molecule has 0 fully saturated rings. The normalized spacial score (nSPS) is 11.8. The molecule has 0 saturated carbocycles. The van der Waals surface area contributed by atoms with E-state index in [4.69, 9.17) is 16.7 Å². The van der Waals surface area contributed by atoms with Crippen molar-refractivity contribution in [2.45, 2.75) is 12.8 Å². The highest BCUT2D eigenvalue weighted by atomic mass is 35.5. The van der Waals surface area contributed by atoms with Crippen LogP contribution in [0.25, 0.3) is 5.69 Å². The molecule has 0 spiro atoms. The molecule has 0 bridgehead atoms. The standard InChI is InChI=1S/C11H8ClF3N2O/c12-8-4-16-17(5-8)9-2-1-7(6-18)10(3-9)11(13,14)15/h1-5,18H,6H2. The van der Waals surface area contributed by atoms with Crippen molar-refractivity contribution in [1.82, 2.24) is 9.78 Å². The molecule has 0 aliphatic heterocycles. The van der Waals surface area contributed by atoms with Crippen molar-refractivity contribution < 1.29 is 18.3 Å². The predicted molar refractivity (Wildman–Crippen MR) is 59.5 cm³/mol. The first-order valence-electron chi connectivity index (χ1n) is 4.93. The van der Waals surface area contributed by atoms with Crippen LogP contribution in [0.3, 0.4) is 0 Å². The third-order valence-electron chi connectivity index (χ3n) is 2.38. The maximum absolute atomic E-state index is 12.8. The summed E-state index contributed by atoms with van der Waals surface area (Å²) in [6.07, 6.45) is -1.80. The van der Waals surface area contributed by atoms with Crippen molar-refractivity contribution >= 4 is 11.6 Å². The lowest BCUT2D eigenvalue weighted by Crippen LogP contribution is -2.10. The molecule has 0 radical (unpaired) electrons. The maximum Gasteiger partial charge on any atom is 0.416 e. The minimum Gasteiger partial charge on any atom is -0.392 e. The van der Waals surface area contributed by atoms with Gasteiger partial charge in [-0.1, -0.05) is 17.7 Å². The van der Waals surface area contributed by atoms with Gasteiger partial charge in [-0.15, -0.1) is 0 Å². The lowest BCUT2D eigenvalue weighted by Gasteiger charge is -2.13. The zero-order chi connectivity index (χ0) is 13.3. The van der Waals surface area contributed by atoms with Gasteiger partial charge >= 0.3 is 6.18 Å². The Labute approximate surface area is 105 Å². The van der Waals surface area contributed by atoms with E-state index in [1.165, 1.54) is 29.2 Å². The first-order valence-corrected chi connectivity index (χ1v) is 5.31. The summed E-state index contributed by atoms with van der Waals surface area (Å²) in [5.74, 6) is 0. The van der Waals surface area contributed by atoms with Gasteiger partial charge in [0.05, 0.1) is 29.1 Å². The molecular formula is C11H8ClF3N2O. The summed E-state index contributed by atoms with van der Waals surface area (Å²) in [7, 11) is 0. The summed E-state index contributed by atoms with van der Waals surface area (Å²) < 4.78 is 39.5. The lowest BCUT2D eigenvalue weighted by atomic mass is 10.1. The van der Waals surface area contributed by atoms with E-state index in [0.29, 0.717) is 5.02 Å². The summed E-state index contributed by atoms with van der Waals surface area (Å²) in [5, 5.41) is 13.1. The van der Waals surface area contributed by atoms with Gasteiger partial charge in [0.1, 0.15) is 0 Å². The van der Waals surface area contributed by atoms with Gasteiger partial charge in [-0.25, -0.2) is 4.68 Å².